The van der Waals surface area contributed by atoms with Gasteiger partial charge in [-0.15, -0.1) is 24.8 Å². The molecule has 0 aromatic carbocycles. The molecule has 0 spiro atoms. The van der Waals surface area contributed by atoms with Gasteiger partial charge in [0.2, 0.25) is 0 Å². The minimum Gasteiger partial charge on any atom is -0.392 e. The zero-order valence-electron chi connectivity index (χ0n) is 14.9. The van der Waals surface area contributed by atoms with Gasteiger partial charge in [-0.05, 0) is 51.3 Å². The van der Waals surface area contributed by atoms with Crippen molar-refractivity contribution in [3.8, 4) is 0 Å². The van der Waals surface area contributed by atoms with Crippen LogP contribution in [0, 0.1) is 13.8 Å². The third-order valence-corrected chi connectivity index (χ3v) is 4.58. The number of nitrogens with one attached hydrogen (secondary N) is 1. The topological polar surface area (TPSA) is 100 Å². The van der Waals surface area contributed by atoms with Gasteiger partial charge in [0, 0.05) is 11.7 Å². The predicted octanol–water partition coefficient (Wildman–Crippen LogP) is 1.12. The van der Waals surface area contributed by atoms with E-state index in [0.29, 0.717) is 17.5 Å². The number of piperidine rings is 1. The van der Waals surface area contributed by atoms with E-state index in [2.05, 4.69) is 15.3 Å². The van der Waals surface area contributed by atoms with E-state index in [-0.39, 0.29) is 43.0 Å². The normalized spacial score (nSPS) is 20.9. The van der Waals surface area contributed by atoms with Crippen molar-refractivity contribution in [2.24, 2.45) is 0 Å². The Hall–Kier alpha value is -1.25. The molecule has 9 heteroatoms. The van der Waals surface area contributed by atoms with Crippen LogP contribution >= 0.6 is 24.8 Å². The molecule has 1 saturated heterocycles. The summed E-state index contributed by atoms with van der Waals surface area (Å²) in [7, 11) is 0. The maximum absolute atomic E-state index is 12.6. The molecule has 3 atom stereocenters. The van der Waals surface area contributed by atoms with E-state index in [1.54, 1.807) is 0 Å². The van der Waals surface area contributed by atoms with Crippen LogP contribution in [0.5, 0.6) is 0 Å². The summed E-state index contributed by atoms with van der Waals surface area (Å²) in [5.74, 6) is 0. The number of hydrogen-bond acceptors (Lipinski definition) is 6. The summed E-state index contributed by atoms with van der Waals surface area (Å²) in [5.41, 5.74) is 2.37. The van der Waals surface area contributed by atoms with Crippen molar-refractivity contribution in [2.75, 3.05) is 6.54 Å². The lowest BCUT2D eigenvalue weighted by Crippen LogP contribution is -2.47. The lowest BCUT2D eigenvalue weighted by Gasteiger charge is -2.30. The molecule has 7 nitrogen and oxygen atoms in total. The molecule has 1 fully saturated rings. The van der Waals surface area contributed by atoms with Gasteiger partial charge in [0.15, 0.2) is 5.52 Å². The summed E-state index contributed by atoms with van der Waals surface area (Å²) in [5, 5.41) is 23.5. The standard InChI is InChI=1S/C17H24N4O3.2ClH/c1-10-6-11(2)20-16-15(10)19-9-21(17(16)24)8-12(22)7-13-14(23)4-3-5-18-13;;/h6,9,12-14,18,22-23H,3-5,7-8H2,1-2H3;2*1H/t12-,13+,14-;;/m0../s1. The molecule has 3 heterocycles. The van der Waals surface area contributed by atoms with Crippen molar-refractivity contribution in [1.29, 1.82) is 0 Å². The maximum atomic E-state index is 12.6. The van der Waals surface area contributed by atoms with Crippen molar-refractivity contribution >= 4 is 35.8 Å². The minimum atomic E-state index is -0.738. The zero-order valence-corrected chi connectivity index (χ0v) is 16.5. The van der Waals surface area contributed by atoms with E-state index >= 15 is 0 Å². The van der Waals surface area contributed by atoms with Crippen LogP contribution in [0.4, 0.5) is 0 Å². The molecule has 0 aliphatic carbocycles. The van der Waals surface area contributed by atoms with Gasteiger partial charge < -0.3 is 15.5 Å². The number of fused-ring (bicyclic) bond motifs is 1. The average molecular weight is 405 g/mol. The van der Waals surface area contributed by atoms with Crippen molar-refractivity contribution in [2.45, 2.75) is 57.9 Å². The molecule has 26 heavy (non-hydrogen) atoms. The van der Waals surface area contributed by atoms with Gasteiger partial charge in [-0.2, -0.15) is 0 Å². The van der Waals surface area contributed by atoms with E-state index in [1.165, 1.54) is 10.9 Å². The fourth-order valence-corrected chi connectivity index (χ4v) is 3.36. The molecule has 1 aliphatic rings. The highest BCUT2D eigenvalue weighted by Gasteiger charge is 2.25. The van der Waals surface area contributed by atoms with Crippen LogP contribution in [0.2, 0.25) is 0 Å². The monoisotopic (exact) mass is 404 g/mol. The van der Waals surface area contributed by atoms with E-state index in [9.17, 15) is 15.0 Å². The Balaban J connectivity index is 0.00000169. The molecule has 1 aliphatic heterocycles. The SMILES string of the molecule is Cc1cc(C)c2ncn(C[C@@H](O)C[C@H]3NCCC[C@@H]3O)c(=O)c2n1.Cl.Cl. The second-order valence-electron chi connectivity index (χ2n) is 6.64. The van der Waals surface area contributed by atoms with E-state index in [0.717, 1.165) is 30.6 Å². The van der Waals surface area contributed by atoms with E-state index in [1.807, 2.05) is 19.9 Å². The molecular formula is C17H26Cl2N4O3. The highest BCUT2D eigenvalue weighted by molar-refractivity contribution is 5.85. The zero-order chi connectivity index (χ0) is 17.3. The first-order chi connectivity index (χ1) is 11.5. The summed E-state index contributed by atoms with van der Waals surface area (Å²) in [6, 6.07) is 1.75. The largest absolute Gasteiger partial charge is 0.392 e. The van der Waals surface area contributed by atoms with Crippen molar-refractivity contribution in [3.63, 3.8) is 0 Å². The molecule has 0 radical (unpaired) electrons. The lowest BCUT2D eigenvalue weighted by molar-refractivity contribution is 0.0539. The van der Waals surface area contributed by atoms with Crippen LogP contribution < -0.4 is 10.9 Å². The van der Waals surface area contributed by atoms with Crippen LogP contribution in [-0.4, -0.2) is 49.5 Å². The summed E-state index contributed by atoms with van der Waals surface area (Å²) in [6.07, 6.45) is 2.34. The van der Waals surface area contributed by atoms with Crippen LogP contribution in [0.1, 0.15) is 30.5 Å². The Morgan fingerprint density at radius 2 is 2.08 bits per heavy atom. The molecule has 2 aromatic rings. The van der Waals surface area contributed by atoms with Crippen LogP contribution in [-0.2, 0) is 6.54 Å². The first-order valence-electron chi connectivity index (χ1n) is 8.38. The summed E-state index contributed by atoms with van der Waals surface area (Å²) in [6.45, 7) is 4.72. The lowest BCUT2D eigenvalue weighted by atomic mass is 9.96. The first-order valence-corrected chi connectivity index (χ1v) is 8.38. The number of hydrogen-bond donors (Lipinski definition) is 3. The molecule has 3 rings (SSSR count). The molecule has 0 saturated carbocycles. The van der Waals surface area contributed by atoms with Crippen LogP contribution in [0.25, 0.3) is 11.0 Å². The fourth-order valence-electron chi connectivity index (χ4n) is 3.36. The molecule has 0 bridgehead atoms. The fraction of sp³-hybridized carbons (Fsp3) is 0.588. The second-order valence-corrected chi connectivity index (χ2v) is 6.64. The number of rotatable bonds is 4. The molecule has 0 amide bonds. The van der Waals surface area contributed by atoms with Gasteiger partial charge in [-0.1, -0.05) is 0 Å². The van der Waals surface area contributed by atoms with Crippen molar-refractivity contribution in [1.82, 2.24) is 19.9 Å². The number of aliphatic hydroxyl groups is 2. The molecule has 2 aromatic heterocycles. The van der Waals surface area contributed by atoms with Crippen molar-refractivity contribution in [3.05, 3.63) is 34.0 Å². The van der Waals surface area contributed by atoms with Gasteiger partial charge in [0.05, 0.1) is 30.6 Å². The Morgan fingerprint density at radius 3 is 2.77 bits per heavy atom. The van der Waals surface area contributed by atoms with Gasteiger partial charge >= 0.3 is 0 Å². The van der Waals surface area contributed by atoms with Crippen molar-refractivity contribution < 1.29 is 10.2 Å². The number of pyridine rings is 1. The van der Waals surface area contributed by atoms with E-state index < -0.39 is 12.2 Å². The van der Waals surface area contributed by atoms with Gasteiger partial charge in [0.25, 0.3) is 5.56 Å². The van der Waals surface area contributed by atoms with Gasteiger partial charge in [0.1, 0.15) is 0 Å². The smallest absolute Gasteiger partial charge is 0.279 e. The third kappa shape index (κ3) is 4.92. The number of halogens is 2. The average Bonchev–Trinajstić information content (AvgIpc) is 2.53. The highest BCUT2D eigenvalue weighted by atomic mass is 35.5. The number of aromatic nitrogens is 3. The molecule has 0 unspecified atom stereocenters. The summed E-state index contributed by atoms with van der Waals surface area (Å²) < 4.78 is 1.40. The van der Waals surface area contributed by atoms with E-state index in [4.69, 9.17) is 0 Å². The van der Waals surface area contributed by atoms with Gasteiger partial charge in [-0.25, -0.2) is 9.97 Å². The highest BCUT2D eigenvalue weighted by Crippen LogP contribution is 2.15. The van der Waals surface area contributed by atoms with Gasteiger partial charge in [-0.3, -0.25) is 9.36 Å². The third-order valence-electron chi connectivity index (χ3n) is 4.58. The van der Waals surface area contributed by atoms with Crippen LogP contribution in [0.15, 0.2) is 17.2 Å². The number of nitrogens with zero attached hydrogens (tertiary/aromatic N) is 3. The number of aryl methyl sites for hydroxylation is 2. The predicted molar refractivity (Wildman–Crippen MR) is 105 cm³/mol. The number of aliphatic hydroxyl groups excluding tert-OH is 2. The van der Waals surface area contributed by atoms with Crippen LogP contribution in [0.3, 0.4) is 0 Å². The first kappa shape index (κ1) is 22.8. The minimum absolute atomic E-state index is 0. The Labute approximate surface area is 164 Å². The summed E-state index contributed by atoms with van der Waals surface area (Å²) >= 11 is 0. The summed E-state index contributed by atoms with van der Waals surface area (Å²) in [4.78, 5) is 21.2. The Morgan fingerprint density at radius 1 is 1.35 bits per heavy atom. The quantitative estimate of drug-likeness (QED) is 0.705. The Kier molecular flexibility index (Phi) is 8.43. The Bertz CT molecular complexity index is 799. The molecule has 3 N–H and O–H groups in total. The molecule has 146 valence electrons. The maximum Gasteiger partial charge on any atom is 0.279 e. The second kappa shape index (κ2) is 9.62. The molecular weight excluding hydrogens is 379 g/mol.